The van der Waals surface area contributed by atoms with Crippen molar-refractivity contribution in [1.29, 1.82) is 0 Å². The third-order valence-corrected chi connectivity index (χ3v) is 3.85. The highest BCUT2D eigenvalue weighted by atomic mass is 16.5. The monoisotopic (exact) mass is 328 g/mol. The Hall–Kier alpha value is -2.74. The fraction of sp³-hybridized carbons (Fsp3) is 0.375. The highest BCUT2D eigenvalue weighted by Gasteiger charge is 2.11. The van der Waals surface area contributed by atoms with Gasteiger partial charge in [-0.05, 0) is 31.5 Å². The number of hydrazone groups is 1. The predicted molar refractivity (Wildman–Crippen MR) is 92.7 cm³/mol. The van der Waals surface area contributed by atoms with Crippen LogP contribution in [0.3, 0.4) is 0 Å². The molecule has 24 heavy (non-hydrogen) atoms. The second-order valence-corrected chi connectivity index (χ2v) is 5.54. The minimum atomic E-state index is -0.282. The van der Waals surface area contributed by atoms with Crippen molar-refractivity contribution in [2.45, 2.75) is 13.8 Å². The summed E-state index contributed by atoms with van der Waals surface area (Å²) < 4.78 is 5.37. The molecule has 0 bridgehead atoms. The average Bonchev–Trinajstić information content (AvgIpc) is 2.63. The quantitative estimate of drug-likeness (QED) is 0.646. The van der Waals surface area contributed by atoms with E-state index in [4.69, 9.17) is 4.74 Å². The molecule has 3 rings (SSSR count). The predicted octanol–water partition coefficient (Wildman–Crippen LogP) is 1.15. The van der Waals surface area contributed by atoms with E-state index in [1.54, 1.807) is 6.92 Å². The van der Waals surface area contributed by atoms with Gasteiger partial charge in [-0.15, -0.1) is 10.2 Å². The standard InChI is InChI=1S/C16H20N6O2/c1-11(18-20-16-17-15(23)12(2)19-21-16)13-3-5-14(6-4-13)22-7-9-24-10-8-22/h3-6H,7-10H2,1-2H3,(H2,17,20,21,23)/b18-11-. The summed E-state index contributed by atoms with van der Waals surface area (Å²) in [6, 6.07) is 8.20. The largest absolute Gasteiger partial charge is 0.378 e. The molecule has 8 nitrogen and oxygen atoms in total. The van der Waals surface area contributed by atoms with Crippen LogP contribution >= 0.6 is 0 Å². The van der Waals surface area contributed by atoms with Gasteiger partial charge in [-0.25, -0.2) is 5.43 Å². The fourth-order valence-electron chi connectivity index (χ4n) is 2.38. The second kappa shape index (κ2) is 7.22. The Morgan fingerprint density at radius 3 is 2.62 bits per heavy atom. The molecule has 2 aromatic rings. The van der Waals surface area contributed by atoms with Crippen LogP contribution in [-0.4, -0.2) is 47.2 Å². The second-order valence-electron chi connectivity index (χ2n) is 5.54. The maximum absolute atomic E-state index is 11.5. The van der Waals surface area contributed by atoms with E-state index in [1.165, 1.54) is 5.69 Å². The van der Waals surface area contributed by atoms with E-state index in [9.17, 15) is 4.79 Å². The van der Waals surface area contributed by atoms with Crippen LogP contribution in [0.5, 0.6) is 0 Å². The third-order valence-electron chi connectivity index (χ3n) is 3.85. The lowest BCUT2D eigenvalue weighted by atomic mass is 10.1. The number of aromatic amines is 1. The maximum atomic E-state index is 11.5. The Balaban J connectivity index is 1.68. The van der Waals surface area contributed by atoms with E-state index in [-0.39, 0.29) is 11.5 Å². The molecule has 0 spiro atoms. The SMILES string of the molecule is C/C(=N/Nc1nnc(C)c(=O)[nH]1)c1ccc(N2CCOCC2)cc1. The molecule has 0 radical (unpaired) electrons. The topological polar surface area (TPSA) is 95.5 Å². The van der Waals surface area contributed by atoms with Gasteiger partial charge in [0.2, 0.25) is 5.95 Å². The molecule has 1 saturated heterocycles. The van der Waals surface area contributed by atoms with Gasteiger partial charge in [0.25, 0.3) is 5.56 Å². The van der Waals surface area contributed by atoms with Crippen LogP contribution in [0.15, 0.2) is 34.2 Å². The molecule has 1 aromatic heterocycles. The van der Waals surface area contributed by atoms with Gasteiger partial charge in [0, 0.05) is 18.8 Å². The third kappa shape index (κ3) is 3.77. The number of aryl methyl sites for hydroxylation is 1. The van der Waals surface area contributed by atoms with Gasteiger partial charge in [0.05, 0.1) is 18.9 Å². The molecule has 8 heteroatoms. The van der Waals surface area contributed by atoms with Crippen molar-refractivity contribution in [3.63, 3.8) is 0 Å². The Kier molecular flexibility index (Phi) is 4.85. The lowest BCUT2D eigenvalue weighted by molar-refractivity contribution is 0.122. The van der Waals surface area contributed by atoms with E-state index < -0.39 is 0 Å². The van der Waals surface area contributed by atoms with E-state index in [2.05, 4.69) is 42.7 Å². The molecule has 0 saturated carbocycles. The average molecular weight is 328 g/mol. The van der Waals surface area contributed by atoms with Gasteiger partial charge in [-0.1, -0.05) is 12.1 Å². The lowest BCUT2D eigenvalue weighted by Crippen LogP contribution is -2.36. The number of nitrogens with zero attached hydrogens (tertiary/aromatic N) is 4. The summed E-state index contributed by atoms with van der Waals surface area (Å²) >= 11 is 0. The number of H-pyrrole nitrogens is 1. The van der Waals surface area contributed by atoms with Gasteiger partial charge in [-0.2, -0.15) is 5.10 Å². The van der Waals surface area contributed by atoms with Gasteiger partial charge in [-0.3, -0.25) is 9.78 Å². The first-order valence-electron chi connectivity index (χ1n) is 7.80. The summed E-state index contributed by atoms with van der Waals surface area (Å²) in [6.07, 6.45) is 0. The van der Waals surface area contributed by atoms with Crippen molar-refractivity contribution in [2.75, 3.05) is 36.6 Å². The molecule has 2 N–H and O–H groups in total. The summed E-state index contributed by atoms with van der Waals surface area (Å²) in [4.78, 5) is 16.3. The Morgan fingerprint density at radius 2 is 1.96 bits per heavy atom. The molecular weight excluding hydrogens is 308 g/mol. The van der Waals surface area contributed by atoms with Crippen LogP contribution < -0.4 is 15.9 Å². The van der Waals surface area contributed by atoms with Gasteiger partial charge >= 0.3 is 0 Å². The number of ether oxygens (including phenoxy) is 1. The Bertz CT molecular complexity index is 778. The maximum Gasteiger partial charge on any atom is 0.274 e. The number of hydrogen-bond donors (Lipinski definition) is 2. The number of rotatable bonds is 4. The molecule has 1 aromatic carbocycles. The van der Waals surface area contributed by atoms with Crippen molar-refractivity contribution in [3.05, 3.63) is 45.9 Å². The van der Waals surface area contributed by atoms with Crippen molar-refractivity contribution in [3.8, 4) is 0 Å². The fourth-order valence-corrected chi connectivity index (χ4v) is 2.38. The summed E-state index contributed by atoms with van der Waals surface area (Å²) in [7, 11) is 0. The number of benzene rings is 1. The molecule has 126 valence electrons. The first-order valence-corrected chi connectivity index (χ1v) is 7.80. The van der Waals surface area contributed by atoms with Crippen LogP contribution in [-0.2, 0) is 4.74 Å². The first-order chi connectivity index (χ1) is 11.6. The number of anilines is 2. The summed E-state index contributed by atoms with van der Waals surface area (Å²) in [5, 5.41) is 11.8. The van der Waals surface area contributed by atoms with Crippen LogP contribution in [0.1, 0.15) is 18.2 Å². The molecule has 1 fully saturated rings. The molecule has 2 heterocycles. The van der Waals surface area contributed by atoms with Crippen molar-refractivity contribution in [2.24, 2.45) is 5.10 Å². The van der Waals surface area contributed by atoms with E-state index >= 15 is 0 Å². The normalized spacial score (nSPS) is 15.4. The minimum Gasteiger partial charge on any atom is -0.378 e. The molecule has 0 amide bonds. The first kappa shape index (κ1) is 16.1. The Morgan fingerprint density at radius 1 is 1.25 bits per heavy atom. The van der Waals surface area contributed by atoms with Crippen LogP contribution in [0, 0.1) is 6.92 Å². The van der Waals surface area contributed by atoms with E-state index in [0.29, 0.717) is 5.69 Å². The zero-order chi connectivity index (χ0) is 16.9. The van der Waals surface area contributed by atoms with Crippen molar-refractivity contribution >= 4 is 17.3 Å². The lowest BCUT2D eigenvalue weighted by Gasteiger charge is -2.28. The number of nitrogens with one attached hydrogen (secondary N) is 2. The van der Waals surface area contributed by atoms with Crippen LogP contribution in [0.2, 0.25) is 0 Å². The number of morpholine rings is 1. The highest BCUT2D eigenvalue weighted by molar-refractivity contribution is 5.99. The zero-order valence-corrected chi connectivity index (χ0v) is 13.7. The molecule has 0 unspecified atom stereocenters. The van der Waals surface area contributed by atoms with Gasteiger partial charge in [0.1, 0.15) is 5.69 Å². The number of aromatic nitrogens is 3. The highest BCUT2D eigenvalue weighted by Crippen LogP contribution is 2.17. The zero-order valence-electron chi connectivity index (χ0n) is 13.7. The van der Waals surface area contributed by atoms with Crippen molar-refractivity contribution < 1.29 is 4.74 Å². The van der Waals surface area contributed by atoms with Crippen molar-refractivity contribution in [1.82, 2.24) is 15.2 Å². The van der Waals surface area contributed by atoms with Gasteiger partial charge in [0.15, 0.2) is 0 Å². The van der Waals surface area contributed by atoms with E-state index in [1.807, 2.05) is 19.1 Å². The molecule has 1 aliphatic rings. The molecule has 0 atom stereocenters. The van der Waals surface area contributed by atoms with Crippen LogP contribution in [0.25, 0.3) is 0 Å². The summed E-state index contributed by atoms with van der Waals surface area (Å²) in [5.74, 6) is 0.217. The summed E-state index contributed by atoms with van der Waals surface area (Å²) in [5.41, 5.74) is 5.71. The molecular formula is C16H20N6O2. The van der Waals surface area contributed by atoms with Crippen LogP contribution in [0.4, 0.5) is 11.6 Å². The summed E-state index contributed by atoms with van der Waals surface area (Å²) in [6.45, 7) is 6.83. The minimum absolute atomic E-state index is 0.217. The number of hydrogen-bond acceptors (Lipinski definition) is 7. The Labute approximate surface area is 139 Å². The van der Waals surface area contributed by atoms with Gasteiger partial charge < -0.3 is 9.64 Å². The molecule has 1 aliphatic heterocycles. The smallest absolute Gasteiger partial charge is 0.274 e. The molecule has 0 aliphatic carbocycles. The van der Waals surface area contributed by atoms with E-state index in [0.717, 1.165) is 37.6 Å².